The summed E-state index contributed by atoms with van der Waals surface area (Å²) in [4.78, 5) is 15.3. The molecular formula is C15H13F2NO3. The molecule has 0 saturated carbocycles. The third kappa shape index (κ3) is 3.34. The SMILES string of the molecule is CCc1nc(-c2ccccc2OC(F)F)ccc1C(=O)O. The number of hydrogen-bond donors (Lipinski definition) is 1. The zero-order valence-electron chi connectivity index (χ0n) is 11.2. The Hall–Kier alpha value is -2.50. The number of carbonyl (C=O) groups is 1. The van der Waals surface area contributed by atoms with Gasteiger partial charge in [0.1, 0.15) is 5.75 Å². The van der Waals surface area contributed by atoms with Crippen molar-refractivity contribution in [1.82, 2.24) is 4.98 Å². The quantitative estimate of drug-likeness (QED) is 0.914. The summed E-state index contributed by atoms with van der Waals surface area (Å²) in [6, 6.07) is 9.17. The number of pyridine rings is 1. The minimum absolute atomic E-state index is 0.00475. The van der Waals surface area contributed by atoms with E-state index in [-0.39, 0.29) is 11.3 Å². The average molecular weight is 293 g/mol. The van der Waals surface area contributed by atoms with Gasteiger partial charge in [-0.3, -0.25) is 4.98 Å². The van der Waals surface area contributed by atoms with Crippen molar-refractivity contribution in [3.63, 3.8) is 0 Å². The van der Waals surface area contributed by atoms with Gasteiger partial charge < -0.3 is 9.84 Å². The first-order chi connectivity index (χ1) is 10.0. The number of alkyl halides is 2. The second kappa shape index (κ2) is 6.30. The lowest BCUT2D eigenvalue weighted by molar-refractivity contribution is -0.0494. The third-order valence-electron chi connectivity index (χ3n) is 2.92. The molecule has 1 heterocycles. The Morgan fingerprint density at radius 1 is 1.29 bits per heavy atom. The second-order valence-corrected chi connectivity index (χ2v) is 4.22. The average Bonchev–Trinajstić information content (AvgIpc) is 2.46. The molecule has 0 amide bonds. The molecule has 0 atom stereocenters. The standard InChI is InChI=1S/C15H13F2NO3/c1-2-11-10(14(19)20)7-8-12(18-11)9-5-3-4-6-13(9)21-15(16)17/h3-8,15H,2H2,1H3,(H,19,20). The molecule has 0 aliphatic rings. The molecular weight excluding hydrogens is 280 g/mol. The lowest BCUT2D eigenvalue weighted by atomic mass is 10.1. The predicted octanol–water partition coefficient (Wildman–Crippen LogP) is 3.61. The zero-order valence-corrected chi connectivity index (χ0v) is 11.2. The molecule has 6 heteroatoms. The fourth-order valence-corrected chi connectivity index (χ4v) is 1.99. The van der Waals surface area contributed by atoms with Crippen molar-refractivity contribution in [3.8, 4) is 17.0 Å². The normalized spacial score (nSPS) is 10.7. The van der Waals surface area contributed by atoms with Gasteiger partial charge >= 0.3 is 12.6 Å². The number of carboxylic acid groups (broad SMARTS) is 1. The highest BCUT2D eigenvalue weighted by Gasteiger charge is 2.15. The lowest BCUT2D eigenvalue weighted by Crippen LogP contribution is -2.06. The second-order valence-electron chi connectivity index (χ2n) is 4.22. The molecule has 0 unspecified atom stereocenters. The van der Waals surface area contributed by atoms with Crippen LogP contribution in [-0.2, 0) is 6.42 Å². The summed E-state index contributed by atoms with van der Waals surface area (Å²) in [5.41, 5.74) is 1.29. The lowest BCUT2D eigenvalue weighted by Gasteiger charge is -2.11. The molecule has 0 spiro atoms. The number of ether oxygens (including phenoxy) is 1. The van der Waals surface area contributed by atoms with Gasteiger partial charge in [-0.2, -0.15) is 8.78 Å². The largest absolute Gasteiger partial charge is 0.478 e. The number of para-hydroxylation sites is 1. The van der Waals surface area contributed by atoms with E-state index >= 15 is 0 Å². The highest BCUT2D eigenvalue weighted by molar-refractivity contribution is 5.89. The minimum Gasteiger partial charge on any atom is -0.478 e. The smallest absolute Gasteiger partial charge is 0.387 e. The van der Waals surface area contributed by atoms with E-state index in [1.807, 2.05) is 0 Å². The van der Waals surface area contributed by atoms with Crippen LogP contribution in [0, 0.1) is 0 Å². The molecule has 2 aromatic rings. The monoisotopic (exact) mass is 293 g/mol. The van der Waals surface area contributed by atoms with Gasteiger partial charge in [-0.15, -0.1) is 0 Å². The van der Waals surface area contributed by atoms with Crippen molar-refractivity contribution in [2.45, 2.75) is 20.0 Å². The van der Waals surface area contributed by atoms with Crippen molar-refractivity contribution >= 4 is 5.97 Å². The number of benzene rings is 1. The molecule has 0 aliphatic carbocycles. The molecule has 1 aromatic carbocycles. The summed E-state index contributed by atoms with van der Waals surface area (Å²) in [6.07, 6.45) is 0.424. The molecule has 0 fully saturated rings. The Balaban J connectivity index is 2.50. The van der Waals surface area contributed by atoms with Crippen LogP contribution in [0.5, 0.6) is 5.75 Å². The summed E-state index contributed by atoms with van der Waals surface area (Å²) < 4.78 is 29.3. The van der Waals surface area contributed by atoms with E-state index in [1.165, 1.54) is 18.2 Å². The topological polar surface area (TPSA) is 59.4 Å². The molecule has 0 saturated heterocycles. The highest BCUT2D eigenvalue weighted by Crippen LogP contribution is 2.30. The van der Waals surface area contributed by atoms with Crippen LogP contribution >= 0.6 is 0 Å². The maximum atomic E-state index is 12.4. The van der Waals surface area contributed by atoms with E-state index < -0.39 is 12.6 Å². The van der Waals surface area contributed by atoms with Crippen LogP contribution in [0.1, 0.15) is 23.0 Å². The summed E-state index contributed by atoms with van der Waals surface area (Å²) in [7, 11) is 0. The zero-order chi connectivity index (χ0) is 15.4. The maximum Gasteiger partial charge on any atom is 0.387 e. The summed E-state index contributed by atoms with van der Waals surface area (Å²) in [6.45, 7) is -1.16. The first kappa shape index (κ1) is 14.9. The van der Waals surface area contributed by atoms with Gasteiger partial charge in [-0.05, 0) is 30.7 Å². The van der Waals surface area contributed by atoms with Gasteiger partial charge in [-0.1, -0.05) is 19.1 Å². The number of nitrogens with zero attached hydrogens (tertiary/aromatic N) is 1. The number of aryl methyl sites for hydroxylation is 1. The number of halogens is 2. The highest BCUT2D eigenvalue weighted by atomic mass is 19.3. The number of carboxylic acids is 1. The first-order valence-electron chi connectivity index (χ1n) is 6.30. The molecule has 21 heavy (non-hydrogen) atoms. The van der Waals surface area contributed by atoms with Gasteiger partial charge in [-0.25, -0.2) is 4.79 Å². The molecule has 1 aromatic heterocycles. The van der Waals surface area contributed by atoms with Crippen LogP contribution in [0.2, 0.25) is 0 Å². The Labute approximate surface area is 120 Å². The molecule has 0 radical (unpaired) electrons. The van der Waals surface area contributed by atoms with Gasteiger partial charge in [0.2, 0.25) is 0 Å². The Morgan fingerprint density at radius 2 is 2.00 bits per heavy atom. The number of aromatic nitrogens is 1. The van der Waals surface area contributed by atoms with Crippen LogP contribution in [-0.4, -0.2) is 22.7 Å². The number of aromatic carboxylic acids is 1. The maximum absolute atomic E-state index is 12.4. The summed E-state index contributed by atoms with van der Waals surface area (Å²) in [5, 5.41) is 9.07. The van der Waals surface area contributed by atoms with Crippen molar-refractivity contribution in [2.24, 2.45) is 0 Å². The summed E-state index contributed by atoms with van der Waals surface area (Å²) >= 11 is 0. The molecule has 0 aliphatic heterocycles. The van der Waals surface area contributed by atoms with Gasteiger partial charge in [0.05, 0.1) is 17.0 Å². The first-order valence-corrected chi connectivity index (χ1v) is 6.30. The minimum atomic E-state index is -2.94. The van der Waals surface area contributed by atoms with E-state index in [0.29, 0.717) is 23.4 Å². The predicted molar refractivity (Wildman–Crippen MR) is 72.6 cm³/mol. The van der Waals surface area contributed by atoms with Crippen LogP contribution in [0.3, 0.4) is 0 Å². The Kier molecular flexibility index (Phi) is 4.47. The van der Waals surface area contributed by atoms with Crippen molar-refractivity contribution in [1.29, 1.82) is 0 Å². The fraction of sp³-hybridized carbons (Fsp3) is 0.200. The molecule has 110 valence electrons. The van der Waals surface area contributed by atoms with Gasteiger partial charge in [0, 0.05) is 5.56 Å². The molecule has 4 nitrogen and oxygen atoms in total. The van der Waals surface area contributed by atoms with E-state index in [2.05, 4.69) is 9.72 Å². The molecule has 0 bridgehead atoms. The van der Waals surface area contributed by atoms with Crippen LogP contribution in [0.15, 0.2) is 36.4 Å². The van der Waals surface area contributed by atoms with Crippen molar-refractivity contribution < 1.29 is 23.4 Å². The van der Waals surface area contributed by atoms with Gasteiger partial charge in [0.15, 0.2) is 0 Å². The molecule has 1 N–H and O–H groups in total. The summed E-state index contributed by atoms with van der Waals surface area (Å²) in [5.74, 6) is -1.06. The van der Waals surface area contributed by atoms with Crippen molar-refractivity contribution in [3.05, 3.63) is 47.7 Å². The fourth-order valence-electron chi connectivity index (χ4n) is 1.99. The van der Waals surface area contributed by atoms with E-state index in [1.54, 1.807) is 25.1 Å². The van der Waals surface area contributed by atoms with E-state index in [0.717, 1.165) is 0 Å². The Morgan fingerprint density at radius 3 is 2.62 bits per heavy atom. The van der Waals surface area contributed by atoms with Crippen LogP contribution in [0.25, 0.3) is 11.3 Å². The third-order valence-corrected chi connectivity index (χ3v) is 2.92. The van der Waals surface area contributed by atoms with E-state index in [9.17, 15) is 13.6 Å². The van der Waals surface area contributed by atoms with Gasteiger partial charge in [0.25, 0.3) is 0 Å². The van der Waals surface area contributed by atoms with Crippen LogP contribution < -0.4 is 4.74 Å². The Bertz CT molecular complexity index is 659. The number of hydrogen-bond acceptors (Lipinski definition) is 3. The van der Waals surface area contributed by atoms with Crippen LogP contribution in [0.4, 0.5) is 8.78 Å². The van der Waals surface area contributed by atoms with E-state index in [4.69, 9.17) is 5.11 Å². The molecule has 2 rings (SSSR count). The van der Waals surface area contributed by atoms with Crippen molar-refractivity contribution in [2.75, 3.05) is 0 Å². The number of rotatable bonds is 5.